The van der Waals surface area contributed by atoms with Crippen molar-refractivity contribution >= 4 is 33.2 Å². The molecule has 0 aliphatic carbocycles. The van der Waals surface area contributed by atoms with Crippen molar-refractivity contribution < 1.29 is 32.2 Å². The van der Waals surface area contributed by atoms with Crippen LogP contribution < -0.4 is 28.6 Å². The van der Waals surface area contributed by atoms with E-state index in [4.69, 9.17) is 30.5 Å². The summed E-state index contributed by atoms with van der Waals surface area (Å²) >= 11 is 5.94. The van der Waals surface area contributed by atoms with Crippen molar-refractivity contribution in [2.75, 3.05) is 38.8 Å². The lowest BCUT2D eigenvalue weighted by molar-refractivity contribution is -0.119. The molecule has 0 spiro atoms. The molecule has 3 aromatic rings. The number of halogens is 1. The molecule has 37 heavy (non-hydrogen) atoms. The van der Waals surface area contributed by atoms with Gasteiger partial charge < -0.3 is 24.3 Å². The van der Waals surface area contributed by atoms with Crippen LogP contribution in [0.3, 0.4) is 0 Å². The number of carbonyl (C=O) groups excluding carboxylic acids is 1. The molecule has 0 unspecified atom stereocenters. The summed E-state index contributed by atoms with van der Waals surface area (Å²) < 4.78 is 49.7. The highest BCUT2D eigenvalue weighted by Crippen LogP contribution is 2.39. The monoisotopic (exact) mass is 548 g/mol. The molecule has 0 saturated carbocycles. The second kappa shape index (κ2) is 12.6. The van der Waals surface area contributed by atoms with E-state index in [1.165, 1.54) is 45.6 Å². The number of nitrogens with zero attached hydrogens (tertiary/aromatic N) is 1. The Balaban J connectivity index is 1.88. The van der Waals surface area contributed by atoms with Crippen LogP contribution in [0.4, 0.5) is 5.69 Å². The second-order valence-corrected chi connectivity index (χ2v) is 9.96. The number of sulfonamides is 1. The second-order valence-electron chi connectivity index (χ2n) is 7.66. The van der Waals surface area contributed by atoms with E-state index in [2.05, 4.69) is 5.32 Å². The van der Waals surface area contributed by atoms with E-state index in [-0.39, 0.29) is 11.4 Å². The minimum atomic E-state index is -4.09. The first-order valence-electron chi connectivity index (χ1n) is 11.3. The first-order chi connectivity index (χ1) is 17.7. The zero-order valence-electron chi connectivity index (χ0n) is 21.0. The van der Waals surface area contributed by atoms with Gasteiger partial charge in [-0.3, -0.25) is 9.10 Å². The molecule has 0 radical (unpaired) electrons. The number of carbonyl (C=O) groups is 1. The number of hydrogen-bond acceptors (Lipinski definition) is 7. The molecule has 0 aliphatic rings. The zero-order chi connectivity index (χ0) is 27.0. The van der Waals surface area contributed by atoms with E-state index in [0.29, 0.717) is 45.9 Å². The molecule has 0 aromatic heterocycles. The van der Waals surface area contributed by atoms with Crippen molar-refractivity contribution in [3.63, 3.8) is 0 Å². The van der Waals surface area contributed by atoms with E-state index in [0.717, 1.165) is 4.31 Å². The van der Waals surface area contributed by atoms with Crippen molar-refractivity contribution in [1.82, 2.24) is 5.32 Å². The van der Waals surface area contributed by atoms with E-state index in [1.807, 2.05) is 6.92 Å². The van der Waals surface area contributed by atoms with Crippen molar-refractivity contribution in [3.8, 4) is 23.0 Å². The van der Waals surface area contributed by atoms with E-state index < -0.39 is 22.5 Å². The molecule has 9 nitrogen and oxygen atoms in total. The third kappa shape index (κ3) is 6.58. The maximum absolute atomic E-state index is 13.5. The highest BCUT2D eigenvalue weighted by atomic mass is 35.5. The molecule has 3 aromatic carbocycles. The van der Waals surface area contributed by atoms with Crippen LogP contribution in [0.15, 0.2) is 65.6 Å². The van der Waals surface area contributed by atoms with Crippen LogP contribution in [0.1, 0.15) is 12.5 Å². The highest BCUT2D eigenvalue weighted by molar-refractivity contribution is 7.92. The van der Waals surface area contributed by atoms with Crippen LogP contribution in [0.25, 0.3) is 0 Å². The van der Waals surface area contributed by atoms with Gasteiger partial charge >= 0.3 is 0 Å². The van der Waals surface area contributed by atoms with Crippen LogP contribution in [0.2, 0.25) is 5.02 Å². The van der Waals surface area contributed by atoms with Gasteiger partial charge in [0, 0.05) is 17.1 Å². The van der Waals surface area contributed by atoms with Crippen molar-refractivity contribution in [3.05, 3.63) is 71.2 Å². The molecule has 198 valence electrons. The summed E-state index contributed by atoms with van der Waals surface area (Å²) in [5.41, 5.74) is 0.930. The number of nitrogens with one attached hydrogen (secondary N) is 1. The van der Waals surface area contributed by atoms with Crippen molar-refractivity contribution in [2.45, 2.75) is 18.4 Å². The minimum Gasteiger partial charge on any atom is -0.494 e. The molecule has 0 saturated heterocycles. The lowest BCUT2D eigenvalue weighted by atomic mass is 10.1. The Morgan fingerprint density at radius 2 is 1.54 bits per heavy atom. The number of rotatable bonds is 12. The lowest BCUT2D eigenvalue weighted by Crippen LogP contribution is -2.40. The minimum absolute atomic E-state index is 0.000134. The Bertz CT molecular complexity index is 1310. The summed E-state index contributed by atoms with van der Waals surface area (Å²) in [5.74, 6) is 1.32. The summed E-state index contributed by atoms with van der Waals surface area (Å²) in [6.45, 7) is 1.92. The summed E-state index contributed by atoms with van der Waals surface area (Å²) in [6, 6.07) is 15.6. The predicted molar refractivity (Wildman–Crippen MR) is 142 cm³/mol. The third-order valence-electron chi connectivity index (χ3n) is 5.39. The smallest absolute Gasteiger partial charge is 0.264 e. The summed E-state index contributed by atoms with van der Waals surface area (Å²) in [6.07, 6.45) is 0. The molecule has 0 bridgehead atoms. The van der Waals surface area contributed by atoms with Gasteiger partial charge in [0.05, 0.1) is 38.5 Å². The Kier molecular flexibility index (Phi) is 9.48. The Hall–Kier alpha value is -3.63. The summed E-state index contributed by atoms with van der Waals surface area (Å²) in [5, 5.41) is 3.16. The van der Waals surface area contributed by atoms with Crippen molar-refractivity contribution in [2.24, 2.45) is 0 Å². The maximum Gasteiger partial charge on any atom is 0.264 e. The molecule has 1 amide bonds. The first-order valence-corrected chi connectivity index (χ1v) is 13.1. The van der Waals surface area contributed by atoms with E-state index >= 15 is 0 Å². The fraction of sp³-hybridized carbons (Fsp3) is 0.269. The quantitative estimate of drug-likeness (QED) is 0.360. The molecule has 0 aliphatic heterocycles. The molecule has 11 heteroatoms. The molecular formula is C26H29ClN2O7S. The topological polar surface area (TPSA) is 103 Å². The number of amides is 1. The number of hydrogen-bond donors (Lipinski definition) is 1. The summed E-state index contributed by atoms with van der Waals surface area (Å²) in [4.78, 5) is 13.0. The first kappa shape index (κ1) is 27.9. The predicted octanol–water partition coefficient (Wildman–Crippen LogP) is 4.28. The van der Waals surface area contributed by atoms with Gasteiger partial charge in [0.2, 0.25) is 11.7 Å². The molecule has 3 rings (SSSR count). The van der Waals surface area contributed by atoms with Gasteiger partial charge in [0.25, 0.3) is 10.0 Å². The van der Waals surface area contributed by atoms with Gasteiger partial charge in [0.15, 0.2) is 11.5 Å². The maximum atomic E-state index is 13.5. The van der Waals surface area contributed by atoms with Gasteiger partial charge in [-0.2, -0.15) is 0 Å². The number of benzene rings is 3. The van der Waals surface area contributed by atoms with Crippen LogP contribution in [-0.2, 0) is 21.4 Å². The fourth-order valence-electron chi connectivity index (χ4n) is 3.61. The molecule has 0 fully saturated rings. The number of methoxy groups -OCH3 is 3. The average Bonchev–Trinajstić information content (AvgIpc) is 2.90. The van der Waals surface area contributed by atoms with Crippen LogP contribution >= 0.6 is 11.6 Å². The van der Waals surface area contributed by atoms with Gasteiger partial charge in [0.1, 0.15) is 12.3 Å². The highest BCUT2D eigenvalue weighted by Gasteiger charge is 2.27. The largest absolute Gasteiger partial charge is 0.494 e. The Morgan fingerprint density at radius 1 is 0.892 bits per heavy atom. The standard InChI is InChI=1S/C26H29ClN2O7S/c1-5-36-21-11-9-20(10-12-21)29(37(31,32)22-13-7-19(27)8-14-22)17-24(30)28-16-18-6-15-23(33-2)26(35-4)25(18)34-3/h6-15H,5,16-17H2,1-4H3,(H,28,30). The lowest BCUT2D eigenvalue weighted by Gasteiger charge is -2.24. The molecule has 1 N–H and O–H groups in total. The summed E-state index contributed by atoms with van der Waals surface area (Å²) in [7, 11) is 0.381. The Morgan fingerprint density at radius 3 is 2.11 bits per heavy atom. The number of ether oxygens (including phenoxy) is 4. The normalized spacial score (nSPS) is 10.9. The molecular weight excluding hydrogens is 520 g/mol. The van der Waals surface area contributed by atoms with E-state index in [1.54, 1.807) is 36.4 Å². The van der Waals surface area contributed by atoms with Crippen LogP contribution in [0, 0.1) is 0 Å². The molecule has 0 heterocycles. The van der Waals surface area contributed by atoms with Crippen LogP contribution in [-0.4, -0.2) is 48.8 Å². The zero-order valence-corrected chi connectivity index (χ0v) is 22.6. The third-order valence-corrected chi connectivity index (χ3v) is 7.43. The Labute approximate surface area is 221 Å². The van der Waals surface area contributed by atoms with Gasteiger partial charge in [-0.25, -0.2) is 8.42 Å². The average molecular weight is 549 g/mol. The van der Waals surface area contributed by atoms with Gasteiger partial charge in [-0.1, -0.05) is 11.6 Å². The fourth-order valence-corrected chi connectivity index (χ4v) is 5.15. The van der Waals surface area contributed by atoms with Crippen molar-refractivity contribution in [1.29, 1.82) is 0 Å². The SMILES string of the molecule is CCOc1ccc(N(CC(=O)NCc2ccc(OC)c(OC)c2OC)S(=O)(=O)c2ccc(Cl)cc2)cc1. The number of anilines is 1. The van der Waals surface area contributed by atoms with Gasteiger partial charge in [-0.15, -0.1) is 0 Å². The molecule has 0 atom stereocenters. The van der Waals surface area contributed by atoms with Gasteiger partial charge in [-0.05, 0) is 67.6 Å². The van der Waals surface area contributed by atoms with Crippen LogP contribution in [0.5, 0.6) is 23.0 Å². The van der Waals surface area contributed by atoms with E-state index in [9.17, 15) is 13.2 Å².